The van der Waals surface area contributed by atoms with Crippen molar-refractivity contribution in [1.82, 2.24) is 10.6 Å². The highest BCUT2D eigenvalue weighted by Crippen LogP contribution is 2.22. The molecule has 1 amide bonds. The fourth-order valence-electron chi connectivity index (χ4n) is 2.23. The lowest BCUT2D eigenvalue weighted by atomic mass is 9.87. The Labute approximate surface area is 78.0 Å². The molecule has 13 heavy (non-hydrogen) atoms. The number of rotatable bonds is 1. The van der Waals surface area contributed by atoms with Crippen LogP contribution in [0.3, 0.4) is 0 Å². The Bertz CT molecular complexity index is 208. The van der Waals surface area contributed by atoms with Crippen LogP contribution in [0, 0.1) is 0 Å². The van der Waals surface area contributed by atoms with Gasteiger partial charge in [-0.3, -0.25) is 4.79 Å². The number of carbonyl (C=O) groups excluding carboxylic acids is 1. The molecule has 3 unspecified atom stereocenters. The summed E-state index contributed by atoms with van der Waals surface area (Å²) in [5.41, 5.74) is 0. The lowest BCUT2D eigenvalue weighted by Gasteiger charge is -2.39. The monoisotopic (exact) mass is 184 g/mol. The molecule has 0 aromatic rings. The van der Waals surface area contributed by atoms with Gasteiger partial charge in [0.15, 0.2) is 0 Å². The molecule has 4 nitrogen and oxygen atoms in total. The van der Waals surface area contributed by atoms with E-state index in [1.165, 1.54) is 0 Å². The third-order valence-corrected chi connectivity index (χ3v) is 3.01. The molecule has 1 aliphatic heterocycles. The Hall–Kier alpha value is -0.610. The van der Waals surface area contributed by atoms with Crippen molar-refractivity contribution in [3.8, 4) is 0 Å². The van der Waals surface area contributed by atoms with Crippen molar-refractivity contribution < 1.29 is 9.53 Å². The number of piperazine rings is 1. The first-order valence-corrected chi connectivity index (χ1v) is 4.85. The molecule has 3 atom stereocenters. The van der Waals surface area contributed by atoms with Crippen LogP contribution in [0.5, 0.6) is 0 Å². The average molecular weight is 184 g/mol. The molecule has 74 valence electrons. The van der Waals surface area contributed by atoms with E-state index in [0.29, 0.717) is 18.7 Å². The number of carbonyl (C=O) groups is 1. The fraction of sp³-hybridized carbons (Fsp3) is 0.889. The van der Waals surface area contributed by atoms with Gasteiger partial charge in [0.05, 0.1) is 12.6 Å². The molecule has 1 heterocycles. The van der Waals surface area contributed by atoms with E-state index in [0.717, 1.165) is 19.3 Å². The molecule has 4 heteroatoms. The first kappa shape index (κ1) is 8.97. The number of ether oxygens (including phenoxy) is 1. The molecule has 0 radical (unpaired) electrons. The first-order valence-electron chi connectivity index (χ1n) is 4.85. The fourth-order valence-corrected chi connectivity index (χ4v) is 2.23. The van der Waals surface area contributed by atoms with Gasteiger partial charge in [0.2, 0.25) is 5.91 Å². The van der Waals surface area contributed by atoms with E-state index in [4.69, 9.17) is 4.74 Å². The van der Waals surface area contributed by atoms with Gasteiger partial charge < -0.3 is 15.4 Å². The van der Waals surface area contributed by atoms with Crippen molar-refractivity contribution in [2.45, 2.75) is 37.5 Å². The van der Waals surface area contributed by atoms with Crippen molar-refractivity contribution in [2.24, 2.45) is 0 Å². The van der Waals surface area contributed by atoms with Crippen molar-refractivity contribution in [3.63, 3.8) is 0 Å². The van der Waals surface area contributed by atoms with Gasteiger partial charge in [0.25, 0.3) is 0 Å². The van der Waals surface area contributed by atoms with Gasteiger partial charge in [0, 0.05) is 19.2 Å². The molecular formula is C9H16N2O2. The van der Waals surface area contributed by atoms with E-state index in [9.17, 15) is 4.79 Å². The smallest absolute Gasteiger partial charge is 0.234 e. The van der Waals surface area contributed by atoms with Crippen LogP contribution in [0.25, 0.3) is 0 Å². The molecule has 2 rings (SSSR count). The Kier molecular flexibility index (Phi) is 2.51. The van der Waals surface area contributed by atoms with Gasteiger partial charge >= 0.3 is 0 Å². The summed E-state index contributed by atoms with van der Waals surface area (Å²) in [5.74, 6) is 0.109. The van der Waals surface area contributed by atoms with E-state index in [2.05, 4.69) is 10.6 Å². The quantitative estimate of drug-likeness (QED) is 0.585. The van der Waals surface area contributed by atoms with E-state index in [1.54, 1.807) is 7.11 Å². The SMILES string of the molecule is COC1CCC2NCC(=O)NC2C1. The second-order valence-electron chi connectivity index (χ2n) is 3.83. The van der Waals surface area contributed by atoms with Crippen molar-refractivity contribution >= 4 is 5.91 Å². The molecule has 1 saturated heterocycles. The van der Waals surface area contributed by atoms with Crippen molar-refractivity contribution in [1.29, 1.82) is 0 Å². The van der Waals surface area contributed by atoms with Gasteiger partial charge in [-0.15, -0.1) is 0 Å². The first-order chi connectivity index (χ1) is 6.29. The molecule has 2 N–H and O–H groups in total. The van der Waals surface area contributed by atoms with Gasteiger partial charge in [0.1, 0.15) is 0 Å². The Balaban J connectivity index is 1.95. The molecule has 2 aliphatic rings. The maximum Gasteiger partial charge on any atom is 0.234 e. The van der Waals surface area contributed by atoms with E-state index >= 15 is 0 Å². The molecule has 1 aliphatic carbocycles. The topological polar surface area (TPSA) is 50.4 Å². The van der Waals surface area contributed by atoms with Crippen LogP contribution in [0.15, 0.2) is 0 Å². The summed E-state index contributed by atoms with van der Waals surface area (Å²) < 4.78 is 5.30. The predicted molar refractivity (Wildman–Crippen MR) is 48.4 cm³/mol. The lowest BCUT2D eigenvalue weighted by molar-refractivity contribution is -0.124. The second kappa shape index (κ2) is 3.64. The summed E-state index contributed by atoms with van der Waals surface area (Å²) in [4.78, 5) is 11.1. The second-order valence-corrected chi connectivity index (χ2v) is 3.83. The highest BCUT2D eigenvalue weighted by atomic mass is 16.5. The normalized spacial score (nSPS) is 39.5. The van der Waals surface area contributed by atoms with Crippen molar-refractivity contribution in [3.05, 3.63) is 0 Å². The summed E-state index contributed by atoms with van der Waals surface area (Å²) in [5, 5.41) is 6.25. The minimum absolute atomic E-state index is 0.109. The predicted octanol–water partition coefficient (Wildman–Crippen LogP) is -0.358. The van der Waals surface area contributed by atoms with Gasteiger partial charge in [-0.25, -0.2) is 0 Å². The average Bonchev–Trinajstić information content (AvgIpc) is 2.16. The molecule has 1 saturated carbocycles. The van der Waals surface area contributed by atoms with Crippen LogP contribution in [0.4, 0.5) is 0 Å². The number of methoxy groups -OCH3 is 1. The highest BCUT2D eigenvalue weighted by Gasteiger charge is 2.34. The van der Waals surface area contributed by atoms with Gasteiger partial charge in [-0.1, -0.05) is 0 Å². The Morgan fingerprint density at radius 2 is 2.23 bits per heavy atom. The third kappa shape index (κ3) is 1.84. The van der Waals surface area contributed by atoms with Gasteiger partial charge in [-0.05, 0) is 19.3 Å². The molecule has 0 aromatic heterocycles. The van der Waals surface area contributed by atoms with Crippen molar-refractivity contribution in [2.75, 3.05) is 13.7 Å². The van der Waals surface area contributed by atoms with Gasteiger partial charge in [-0.2, -0.15) is 0 Å². The minimum atomic E-state index is 0.109. The van der Waals surface area contributed by atoms with E-state index in [-0.39, 0.29) is 11.9 Å². The number of nitrogens with one attached hydrogen (secondary N) is 2. The zero-order chi connectivity index (χ0) is 9.26. The Morgan fingerprint density at radius 3 is 3.00 bits per heavy atom. The molecule has 0 aromatic carbocycles. The minimum Gasteiger partial charge on any atom is -0.381 e. The van der Waals surface area contributed by atoms with Crippen LogP contribution >= 0.6 is 0 Å². The summed E-state index contributed by atoms with van der Waals surface area (Å²) in [6.45, 7) is 0.471. The van der Waals surface area contributed by atoms with E-state index in [1.807, 2.05) is 0 Å². The number of fused-ring (bicyclic) bond motifs is 1. The number of amides is 1. The molecular weight excluding hydrogens is 168 g/mol. The summed E-state index contributed by atoms with van der Waals surface area (Å²) in [7, 11) is 1.74. The molecule has 0 bridgehead atoms. The number of hydrogen-bond donors (Lipinski definition) is 2. The maximum atomic E-state index is 11.1. The van der Waals surface area contributed by atoms with Crippen LogP contribution in [-0.4, -0.2) is 37.7 Å². The molecule has 0 spiro atoms. The maximum absolute atomic E-state index is 11.1. The third-order valence-electron chi connectivity index (χ3n) is 3.01. The highest BCUT2D eigenvalue weighted by molar-refractivity contribution is 5.79. The largest absolute Gasteiger partial charge is 0.381 e. The standard InChI is InChI=1S/C9H16N2O2/c1-13-6-2-3-7-8(4-6)11-9(12)5-10-7/h6-8,10H,2-5H2,1H3,(H,11,12). The van der Waals surface area contributed by atoms with Crippen LogP contribution < -0.4 is 10.6 Å². The molecule has 2 fully saturated rings. The van der Waals surface area contributed by atoms with Crippen LogP contribution in [-0.2, 0) is 9.53 Å². The van der Waals surface area contributed by atoms with Crippen LogP contribution in [0.1, 0.15) is 19.3 Å². The summed E-state index contributed by atoms with van der Waals surface area (Å²) in [6.07, 6.45) is 3.46. The zero-order valence-electron chi connectivity index (χ0n) is 7.88. The Morgan fingerprint density at radius 1 is 1.38 bits per heavy atom. The summed E-state index contributed by atoms with van der Waals surface area (Å²) >= 11 is 0. The number of hydrogen-bond acceptors (Lipinski definition) is 3. The summed E-state index contributed by atoms with van der Waals surface area (Å²) in [6, 6.07) is 0.740. The van der Waals surface area contributed by atoms with E-state index < -0.39 is 0 Å². The zero-order valence-corrected chi connectivity index (χ0v) is 7.88. The van der Waals surface area contributed by atoms with Crippen LogP contribution in [0.2, 0.25) is 0 Å². The lowest BCUT2D eigenvalue weighted by Crippen LogP contribution is -2.61.